The van der Waals surface area contributed by atoms with E-state index in [0.29, 0.717) is 11.4 Å². The number of hydrogen-bond donors (Lipinski definition) is 1. The van der Waals surface area contributed by atoms with E-state index in [9.17, 15) is 14.4 Å². The molecule has 1 aliphatic heterocycles. The molecule has 0 aromatic heterocycles. The molecule has 1 saturated heterocycles. The van der Waals surface area contributed by atoms with Crippen molar-refractivity contribution >= 4 is 34.9 Å². The van der Waals surface area contributed by atoms with Crippen LogP contribution < -0.4 is 5.32 Å². The fourth-order valence-corrected chi connectivity index (χ4v) is 4.00. The van der Waals surface area contributed by atoms with E-state index in [0.717, 1.165) is 48.6 Å². The Hall–Kier alpha value is -2.08. The Morgan fingerprint density at radius 2 is 1.92 bits per heavy atom. The molecule has 0 radical (unpaired) electrons. The first kappa shape index (κ1) is 17.7. The Balaban J connectivity index is 1.55. The van der Waals surface area contributed by atoms with E-state index < -0.39 is 0 Å². The first-order valence-electron chi connectivity index (χ1n) is 8.64. The van der Waals surface area contributed by atoms with Crippen LogP contribution in [-0.2, 0) is 9.59 Å². The van der Waals surface area contributed by atoms with Crippen molar-refractivity contribution in [2.45, 2.75) is 32.6 Å². The van der Waals surface area contributed by atoms with E-state index in [1.54, 1.807) is 6.08 Å². The Morgan fingerprint density at radius 1 is 1.24 bits per heavy atom. The zero-order valence-corrected chi connectivity index (χ0v) is 15.1. The van der Waals surface area contributed by atoms with Gasteiger partial charge in [0.2, 0.25) is 5.91 Å². The van der Waals surface area contributed by atoms with Gasteiger partial charge in [-0.15, -0.1) is 0 Å². The number of nitrogens with zero attached hydrogens (tertiary/aromatic N) is 1. The molecule has 0 spiro atoms. The maximum absolute atomic E-state index is 12.4. The van der Waals surface area contributed by atoms with E-state index in [-0.39, 0.29) is 29.5 Å². The quantitative estimate of drug-likeness (QED) is 0.820. The SMILES string of the molecule is Cc1ccc(C=C2SC(=O)N(CCNC(=O)C3CCCC3)C2=O)cc1. The number of thioether (sulfide) groups is 1. The minimum Gasteiger partial charge on any atom is -0.354 e. The van der Waals surface area contributed by atoms with Crippen molar-refractivity contribution < 1.29 is 14.4 Å². The summed E-state index contributed by atoms with van der Waals surface area (Å²) in [6, 6.07) is 7.78. The third-order valence-corrected chi connectivity index (χ3v) is 5.52. The number of aryl methyl sites for hydroxylation is 1. The summed E-state index contributed by atoms with van der Waals surface area (Å²) >= 11 is 0.951. The number of rotatable bonds is 5. The molecule has 5 nitrogen and oxygen atoms in total. The summed E-state index contributed by atoms with van der Waals surface area (Å²) in [5.74, 6) is -0.151. The predicted molar refractivity (Wildman–Crippen MR) is 98.8 cm³/mol. The Kier molecular flexibility index (Phi) is 5.58. The normalized spacial score (nSPS) is 19.9. The number of carbonyl (C=O) groups is 3. The van der Waals surface area contributed by atoms with Crippen molar-refractivity contribution in [1.82, 2.24) is 10.2 Å². The zero-order chi connectivity index (χ0) is 17.8. The number of nitrogens with one attached hydrogen (secondary N) is 1. The molecule has 1 saturated carbocycles. The Labute approximate surface area is 151 Å². The zero-order valence-electron chi connectivity index (χ0n) is 14.3. The van der Waals surface area contributed by atoms with Crippen molar-refractivity contribution in [3.05, 3.63) is 40.3 Å². The Bertz CT molecular complexity index is 706. The van der Waals surface area contributed by atoms with Crippen LogP contribution in [-0.4, -0.2) is 35.0 Å². The highest BCUT2D eigenvalue weighted by Gasteiger charge is 2.34. The van der Waals surface area contributed by atoms with Crippen LogP contribution in [0.4, 0.5) is 4.79 Å². The highest BCUT2D eigenvalue weighted by atomic mass is 32.2. The van der Waals surface area contributed by atoms with E-state index in [1.807, 2.05) is 31.2 Å². The first-order chi connectivity index (χ1) is 12.0. The van der Waals surface area contributed by atoms with Crippen LogP contribution >= 0.6 is 11.8 Å². The maximum Gasteiger partial charge on any atom is 0.293 e. The molecule has 0 unspecified atom stereocenters. The molecule has 3 rings (SSSR count). The molecule has 0 atom stereocenters. The molecule has 1 heterocycles. The second kappa shape index (κ2) is 7.87. The summed E-state index contributed by atoms with van der Waals surface area (Å²) in [7, 11) is 0. The molecular weight excluding hydrogens is 336 g/mol. The van der Waals surface area contributed by atoms with E-state index in [2.05, 4.69) is 5.32 Å². The van der Waals surface area contributed by atoms with Gasteiger partial charge in [0.05, 0.1) is 4.91 Å². The topological polar surface area (TPSA) is 66.5 Å². The van der Waals surface area contributed by atoms with Gasteiger partial charge in [-0.3, -0.25) is 19.3 Å². The molecule has 2 fully saturated rings. The van der Waals surface area contributed by atoms with Crippen LogP contribution in [0, 0.1) is 12.8 Å². The van der Waals surface area contributed by atoms with Gasteiger partial charge in [-0.25, -0.2) is 0 Å². The van der Waals surface area contributed by atoms with Crippen LogP contribution in [0.1, 0.15) is 36.8 Å². The lowest BCUT2D eigenvalue weighted by Crippen LogP contribution is -2.39. The molecule has 1 N–H and O–H groups in total. The average Bonchev–Trinajstić information content (AvgIpc) is 3.21. The molecule has 1 aliphatic carbocycles. The summed E-state index contributed by atoms with van der Waals surface area (Å²) in [6.45, 7) is 2.52. The maximum atomic E-state index is 12.4. The lowest BCUT2D eigenvalue weighted by atomic mass is 10.1. The number of benzene rings is 1. The molecule has 3 amide bonds. The second-order valence-corrected chi connectivity index (χ2v) is 7.51. The molecule has 0 bridgehead atoms. The fourth-order valence-electron chi connectivity index (χ4n) is 3.13. The van der Waals surface area contributed by atoms with Crippen LogP contribution in [0.3, 0.4) is 0 Å². The van der Waals surface area contributed by atoms with Gasteiger partial charge >= 0.3 is 0 Å². The van der Waals surface area contributed by atoms with Crippen LogP contribution in [0.2, 0.25) is 0 Å². The third kappa shape index (κ3) is 4.31. The molecule has 1 aromatic rings. The van der Waals surface area contributed by atoms with Gasteiger partial charge in [0.1, 0.15) is 0 Å². The third-order valence-electron chi connectivity index (χ3n) is 4.61. The summed E-state index contributed by atoms with van der Waals surface area (Å²) in [6.07, 6.45) is 5.82. The molecule has 2 aliphatic rings. The average molecular weight is 358 g/mol. The molecule has 132 valence electrons. The smallest absolute Gasteiger partial charge is 0.293 e. The van der Waals surface area contributed by atoms with Crippen LogP contribution in [0.15, 0.2) is 29.2 Å². The van der Waals surface area contributed by atoms with Gasteiger partial charge in [0.15, 0.2) is 0 Å². The minimum atomic E-state index is -0.286. The largest absolute Gasteiger partial charge is 0.354 e. The van der Waals surface area contributed by atoms with Gasteiger partial charge in [0.25, 0.3) is 11.1 Å². The number of carbonyl (C=O) groups excluding carboxylic acids is 3. The lowest BCUT2D eigenvalue weighted by molar-refractivity contribution is -0.126. The van der Waals surface area contributed by atoms with Crippen molar-refractivity contribution in [3.63, 3.8) is 0 Å². The van der Waals surface area contributed by atoms with Crippen LogP contribution in [0.25, 0.3) is 6.08 Å². The number of hydrogen-bond acceptors (Lipinski definition) is 4. The minimum absolute atomic E-state index is 0.0414. The van der Waals surface area contributed by atoms with Crippen molar-refractivity contribution in [2.75, 3.05) is 13.1 Å². The molecule has 1 aromatic carbocycles. The predicted octanol–water partition coefficient (Wildman–Crippen LogP) is 3.34. The van der Waals surface area contributed by atoms with E-state index >= 15 is 0 Å². The summed E-state index contributed by atoms with van der Waals surface area (Å²) in [5, 5.41) is 2.57. The Morgan fingerprint density at radius 3 is 2.60 bits per heavy atom. The van der Waals surface area contributed by atoms with Crippen molar-refractivity contribution in [1.29, 1.82) is 0 Å². The first-order valence-corrected chi connectivity index (χ1v) is 9.46. The van der Waals surface area contributed by atoms with Crippen LogP contribution in [0.5, 0.6) is 0 Å². The second-order valence-electron chi connectivity index (χ2n) is 6.52. The van der Waals surface area contributed by atoms with Gasteiger partial charge in [-0.05, 0) is 43.2 Å². The highest BCUT2D eigenvalue weighted by molar-refractivity contribution is 8.18. The van der Waals surface area contributed by atoms with Crippen molar-refractivity contribution in [3.8, 4) is 0 Å². The molecule has 6 heteroatoms. The molecular formula is C19H22N2O3S. The van der Waals surface area contributed by atoms with Gasteiger partial charge in [-0.1, -0.05) is 42.7 Å². The standard InChI is InChI=1S/C19H22N2O3S/c1-13-6-8-14(9-7-13)12-16-18(23)21(19(24)25-16)11-10-20-17(22)15-4-2-3-5-15/h6-9,12,15H,2-5,10-11H2,1H3,(H,20,22). The summed E-state index contributed by atoms with van der Waals surface area (Å²) < 4.78 is 0. The van der Waals surface area contributed by atoms with E-state index in [1.165, 1.54) is 4.90 Å². The monoisotopic (exact) mass is 358 g/mol. The summed E-state index contributed by atoms with van der Waals surface area (Å²) in [5.41, 5.74) is 2.04. The number of amides is 3. The van der Waals surface area contributed by atoms with E-state index in [4.69, 9.17) is 0 Å². The lowest BCUT2D eigenvalue weighted by Gasteiger charge is -2.14. The van der Waals surface area contributed by atoms with Gasteiger partial charge < -0.3 is 5.32 Å². The highest BCUT2D eigenvalue weighted by Crippen LogP contribution is 2.32. The number of imide groups is 1. The fraction of sp³-hybridized carbons (Fsp3) is 0.421. The van der Waals surface area contributed by atoms with Gasteiger partial charge in [0, 0.05) is 19.0 Å². The van der Waals surface area contributed by atoms with Crippen molar-refractivity contribution in [2.24, 2.45) is 5.92 Å². The van der Waals surface area contributed by atoms with Gasteiger partial charge in [-0.2, -0.15) is 0 Å². The summed E-state index contributed by atoms with van der Waals surface area (Å²) in [4.78, 5) is 38.1. The molecule has 25 heavy (non-hydrogen) atoms.